The van der Waals surface area contributed by atoms with Crippen LogP contribution in [0, 0.1) is 0 Å². The van der Waals surface area contributed by atoms with Crippen molar-refractivity contribution in [1.82, 2.24) is 20.0 Å². The number of rotatable bonds is 8. The SMILES string of the molecule is CS(=O)(=O)NCCC(NC(=O)C1(N)CCN(c2ncnc3c2CCN3)CC1)c1ccc(Cl)cc1. The molecule has 2 aliphatic rings. The first kappa shape index (κ1) is 24.6. The van der Waals surface area contributed by atoms with Crippen LogP contribution in [0.3, 0.4) is 0 Å². The van der Waals surface area contributed by atoms with E-state index < -0.39 is 21.6 Å². The first-order valence-corrected chi connectivity index (χ1v) is 13.5. The van der Waals surface area contributed by atoms with E-state index in [9.17, 15) is 13.2 Å². The van der Waals surface area contributed by atoms with Gasteiger partial charge < -0.3 is 21.3 Å². The molecule has 5 N–H and O–H groups in total. The lowest BCUT2D eigenvalue weighted by Crippen LogP contribution is -2.60. The summed E-state index contributed by atoms with van der Waals surface area (Å²) in [4.78, 5) is 24.2. The number of halogens is 1. The maximum atomic E-state index is 13.3. The van der Waals surface area contributed by atoms with Crippen LogP contribution in [0.2, 0.25) is 5.02 Å². The molecule has 184 valence electrons. The van der Waals surface area contributed by atoms with Crippen LogP contribution in [-0.2, 0) is 21.2 Å². The zero-order valence-corrected chi connectivity index (χ0v) is 20.6. The smallest absolute Gasteiger partial charge is 0.240 e. The normalized spacial score (nSPS) is 18.1. The molecule has 3 heterocycles. The standard InChI is InChI=1S/C22H30ClN7O3S/c1-34(32,33)28-11-7-18(15-2-4-16(23)5-3-15)29-21(31)22(24)8-12-30(13-9-22)20-17-6-10-25-19(17)26-14-27-20/h2-5,14,18,28H,6-13,24H2,1H3,(H,29,31)(H,25,26,27). The second kappa shape index (κ2) is 10.0. The summed E-state index contributed by atoms with van der Waals surface area (Å²) in [7, 11) is -3.34. The van der Waals surface area contributed by atoms with Crippen LogP contribution in [0.4, 0.5) is 11.6 Å². The summed E-state index contributed by atoms with van der Waals surface area (Å²) >= 11 is 6.01. The van der Waals surface area contributed by atoms with E-state index in [4.69, 9.17) is 17.3 Å². The van der Waals surface area contributed by atoms with Crippen LogP contribution >= 0.6 is 11.6 Å². The minimum Gasteiger partial charge on any atom is -0.369 e. The molecule has 2 aliphatic heterocycles. The van der Waals surface area contributed by atoms with Gasteiger partial charge in [0.15, 0.2) is 0 Å². The number of carbonyl (C=O) groups excluding carboxylic acids is 1. The quantitative estimate of drug-likeness (QED) is 0.417. The van der Waals surface area contributed by atoms with Crippen LogP contribution in [0.1, 0.15) is 36.4 Å². The molecule has 0 aliphatic carbocycles. The van der Waals surface area contributed by atoms with Crippen molar-refractivity contribution in [3.63, 3.8) is 0 Å². The highest BCUT2D eigenvalue weighted by molar-refractivity contribution is 7.88. The minimum absolute atomic E-state index is 0.185. The number of nitrogens with two attached hydrogens (primary N) is 1. The molecule has 4 rings (SSSR count). The molecule has 1 aromatic carbocycles. The number of hydrogen-bond donors (Lipinski definition) is 4. The van der Waals surface area contributed by atoms with Crippen molar-refractivity contribution in [1.29, 1.82) is 0 Å². The summed E-state index contributed by atoms with van der Waals surface area (Å²) in [6.45, 7) is 2.24. The molecule has 2 aromatic rings. The monoisotopic (exact) mass is 507 g/mol. The molecule has 0 radical (unpaired) electrons. The van der Waals surface area contributed by atoms with E-state index in [1.807, 2.05) is 12.1 Å². The number of amides is 1. The number of hydrogen-bond acceptors (Lipinski definition) is 8. The summed E-state index contributed by atoms with van der Waals surface area (Å²) in [5.74, 6) is 1.53. The van der Waals surface area contributed by atoms with E-state index in [1.54, 1.807) is 18.5 Å². The first-order valence-electron chi connectivity index (χ1n) is 11.3. The van der Waals surface area contributed by atoms with Gasteiger partial charge in [-0.25, -0.2) is 23.1 Å². The Morgan fingerprint density at radius 1 is 1.26 bits per heavy atom. The van der Waals surface area contributed by atoms with Crippen LogP contribution < -0.4 is 26.0 Å². The molecule has 1 fully saturated rings. The fourth-order valence-electron chi connectivity index (χ4n) is 4.42. The molecular weight excluding hydrogens is 478 g/mol. The summed E-state index contributed by atoms with van der Waals surface area (Å²) < 4.78 is 25.4. The second-order valence-electron chi connectivity index (χ2n) is 8.88. The van der Waals surface area contributed by atoms with Gasteiger partial charge in [-0.1, -0.05) is 23.7 Å². The zero-order valence-electron chi connectivity index (χ0n) is 19.1. The Kier molecular flexibility index (Phi) is 7.27. The summed E-state index contributed by atoms with van der Waals surface area (Å²) in [5, 5.41) is 6.89. The average Bonchev–Trinajstić information content (AvgIpc) is 3.28. The molecule has 1 aromatic heterocycles. The van der Waals surface area contributed by atoms with E-state index in [0.717, 1.165) is 42.0 Å². The lowest BCUT2D eigenvalue weighted by Gasteiger charge is -2.39. The van der Waals surface area contributed by atoms with Crippen LogP contribution in [0.25, 0.3) is 0 Å². The van der Waals surface area contributed by atoms with Gasteiger partial charge in [0, 0.05) is 36.8 Å². The maximum Gasteiger partial charge on any atom is 0.240 e. The summed E-state index contributed by atoms with van der Waals surface area (Å²) in [5.41, 5.74) is 7.50. The number of nitrogens with one attached hydrogen (secondary N) is 3. The fraction of sp³-hybridized carbons (Fsp3) is 0.500. The molecule has 1 saturated heterocycles. The fourth-order valence-corrected chi connectivity index (χ4v) is 5.03. The van der Waals surface area contributed by atoms with Gasteiger partial charge in [-0.2, -0.15) is 0 Å². The number of anilines is 2. The van der Waals surface area contributed by atoms with E-state index in [2.05, 4.69) is 30.2 Å². The molecule has 1 unspecified atom stereocenters. The Labute approximate surface area is 204 Å². The van der Waals surface area contributed by atoms with Crippen molar-refractivity contribution in [2.75, 3.05) is 42.7 Å². The van der Waals surface area contributed by atoms with Crippen molar-refractivity contribution in [3.05, 3.63) is 46.7 Å². The largest absolute Gasteiger partial charge is 0.369 e. The molecule has 1 amide bonds. The van der Waals surface area contributed by atoms with E-state index >= 15 is 0 Å². The third kappa shape index (κ3) is 5.77. The number of benzene rings is 1. The Hall–Kier alpha value is -2.47. The Balaban J connectivity index is 1.42. The number of nitrogens with zero attached hydrogens (tertiary/aromatic N) is 3. The Morgan fingerprint density at radius 3 is 2.65 bits per heavy atom. The van der Waals surface area contributed by atoms with Gasteiger partial charge in [0.05, 0.1) is 17.8 Å². The lowest BCUT2D eigenvalue weighted by atomic mass is 9.86. The van der Waals surface area contributed by atoms with Gasteiger partial charge in [-0.15, -0.1) is 0 Å². The van der Waals surface area contributed by atoms with Gasteiger partial charge in [0.25, 0.3) is 0 Å². The molecule has 12 heteroatoms. The first-order chi connectivity index (χ1) is 16.1. The van der Waals surface area contributed by atoms with Crippen molar-refractivity contribution >= 4 is 39.2 Å². The molecule has 10 nitrogen and oxygen atoms in total. The topological polar surface area (TPSA) is 142 Å². The Morgan fingerprint density at radius 2 is 1.97 bits per heavy atom. The van der Waals surface area contributed by atoms with Crippen LogP contribution in [0.15, 0.2) is 30.6 Å². The van der Waals surface area contributed by atoms with Gasteiger partial charge >= 0.3 is 0 Å². The molecule has 34 heavy (non-hydrogen) atoms. The number of sulfonamides is 1. The molecule has 0 bridgehead atoms. The second-order valence-corrected chi connectivity index (χ2v) is 11.1. The number of fused-ring (bicyclic) bond motifs is 1. The van der Waals surface area contributed by atoms with Crippen molar-refractivity contribution in [3.8, 4) is 0 Å². The Bertz CT molecular complexity index is 1140. The zero-order chi connectivity index (χ0) is 24.3. The predicted octanol–water partition coefficient (Wildman–Crippen LogP) is 1.19. The predicted molar refractivity (Wildman–Crippen MR) is 132 cm³/mol. The molecule has 0 saturated carbocycles. The van der Waals surface area contributed by atoms with Crippen molar-refractivity contribution in [2.24, 2.45) is 5.73 Å². The van der Waals surface area contributed by atoms with Gasteiger partial charge in [-0.05, 0) is 43.4 Å². The highest BCUT2D eigenvalue weighted by atomic mass is 35.5. The van der Waals surface area contributed by atoms with Crippen LogP contribution in [0.5, 0.6) is 0 Å². The summed E-state index contributed by atoms with van der Waals surface area (Å²) in [6.07, 6.45) is 4.86. The van der Waals surface area contributed by atoms with Gasteiger partial charge in [-0.3, -0.25) is 4.79 Å². The third-order valence-corrected chi connectivity index (χ3v) is 7.35. The lowest BCUT2D eigenvalue weighted by molar-refractivity contribution is -0.128. The summed E-state index contributed by atoms with van der Waals surface area (Å²) in [6, 6.07) is 6.72. The van der Waals surface area contributed by atoms with E-state index in [-0.39, 0.29) is 12.5 Å². The number of aromatic nitrogens is 2. The van der Waals surface area contributed by atoms with Crippen molar-refractivity contribution in [2.45, 2.75) is 37.3 Å². The average molecular weight is 508 g/mol. The highest BCUT2D eigenvalue weighted by Gasteiger charge is 2.39. The number of carbonyl (C=O) groups is 1. The van der Waals surface area contributed by atoms with Crippen molar-refractivity contribution < 1.29 is 13.2 Å². The molecular formula is C22H30ClN7O3S. The molecule has 0 spiro atoms. The highest BCUT2D eigenvalue weighted by Crippen LogP contribution is 2.31. The van der Waals surface area contributed by atoms with Gasteiger partial charge in [0.2, 0.25) is 15.9 Å². The van der Waals surface area contributed by atoms with Gasteiger partial charge in [0.1, 0.15) is 18.0 Å². The van der Waals surface area contributed by atoms with E-state index in [1.165, 1.54) is 0 Å². The minimum atomic E-state index is -3.34. The third-order valence-electron chi connectivity index (χ3n) is 6.37. The maximum absolute atomic E-state index is 13.3. The van der Waals surface area contributed by atoms with Crippen LogP contribution in [-0.4, -0.2) is 62.3 Å². The van der Waals surface area contributed by atoms with E-state index in [0.29, 0.717) is 37.4 Å². The molecule has 1 atom stereocenters. The number of piperidine rings is 1.